The van der Waals surface area contributed by atoms with Crippen LogP contribution in [0.15, 0.2) is 48.5 Å². The van der Waals surface area contributed by atoms with Crippen molar-refractivity contribution in [2.24, 2.45) is 0 Å². The Morgan fingerprint density at radius 2 is 1.75 bits per heavy atom. The Morgan fingerprint density at radius 1 is 1.00 bits per heavy atom. The molecule has 0 aliphatic rings. The van der Waals surface area contributed by atoms with Crippen LogP contribution in [0.3, 0.4) is 0 Å². The minimum absolute atomic E-state index is 0.381. The summed E-state index contributed by atoms with van der Waals surface area (Å²) in [6.07, 6.45) is 2.95. The highest BCUT2D eigenvalue weighted by molar-refractivity contribution is 5.89. The average Bonchev–Trinajstić information content (AvgIpc) is 2.61. The number of carbonyl (C=O) groups excluding carboxylic acids is 1. The molecule has 0 aromatic heterocycles. The topological polar surface area (TPSA) is 54.0 Å². The first-order chi connectivity index (χ1) is 11.7. The van der Waals surface area contributed by atoms with Gasteiger partial charge in [-0.15, -0.1) is 0 Å². The molecule has 2 rings (SSSR count). The van der Waals surface area contributed by atoms with E-state index in [0.29, 0.717) is 35.2 Å². The molecule has 0 atom stereocenters. The van der Waals surface area contributed by atoms with Crippen LogP contribution in [0.2, 0.25) is 0 Å². The lowest BCUT2D eigenvalue weighted by Gasteiger charge is -2.09. The molecular weight excluding hydrogens is 308 g/mol. The number of para-hydroxylation sites is 2. The molecule has 0 N–H and O–H groups in total. The Bertz CT molecular complexity index is 721. The summed E-state index contributed by atoms with van der Waals surface area (Å²) in [5.41, 5.74) is 0.715. The van der Waals surface area contributed by atoms with Gasteiger partial charge in [0.05, 0.1) is 20.8 Å². The average molecular weight is 328 g/mol. The van der Waals surface area contributed by atoms with Gasteiger partial charge in [0, 0.05) is 11.6 Å². The van der Waals surface area contributed by atoms with Gasteiger partial charge in [0.15, 0.2) is 11.5 Å². The largest absolute Gasteiger partial charge is 0.497 e. The molecule has 0 aliphatic carbocycles. The van der Waals surface area contributed by atoms with Crippen LogP contribution >= 0.6 is 0 Å². The fourth-order valence-corrected chi connectivity index (χ4v) is 2.08. The molecule has 126 valence electrons. The first-order valence-corrected chi connectivity index (χ1v) is 7.51. The number of methoxy groups -OCH3 is 2. The van der Waals surface area contributed by atoms with Gasteiger partial charge in [0.25, 0.3) is 0 Å². The van der Waals surface area contributed by atoms with E-state index in [4.69, 9.17) is 18.9 Å². The lowest BCUT2D eigenvalue weighted by Crippen LogP contribution is -2.05. The third kappa shape index (κ3) is 4.52. The molecule has 0 spiro atoms. The van der Waals surface area contributed by atoms with Crippen molar-refractivity contribution in [3.63, 3.8) is 0 Å². The van der Waals surface area contributed by atoms with Gasteiger partial charge in [0.1, 0.15) is 11.5 Å². The summed E-state index contributed by atoms with van der Waals surface area (Å²) in [5, 5.41) is 0. The highest BCUT2D eigenvalue weighted by Gasteiger charge is 2.08. The summed E-state index contributed by atoms with van der Waals surface area (Å²) in [6.45, 7) is 2.36. The van der Waals surface area contributed by atoms with Crippen LogP contribution in [0, 0.1) is 0 Å². The van der Waals surface area contributed by atoms with E-state index in [9.17, 15) is 4.79 Å². The van der Waals surface area contributed by atoms with Crippen LogP contribution in [-0.2, 0) is 4.79 Å². The van der Waals surface area contributed by atoms with Crippen molar-refractivity contribution in [1.29, 1.82) is 0 Å². The van der Waals surface area contributed by atoms with Crippen molar-refractivity contribution in [2.75, 3.05) is 20.8 Å². The number of benzene rings is 2. The second-order valence-corrected chi connectivity index (χ2v) is 4.74. The van der Waals surface area contributed by atoms with Crippen molar-refractivity contribution >= 4 is 12.0 Å². The summed E-state index contributed by atoms with van der Waals surface area (Å²) < 4.78 is 21.2. The zero-order chi connectivity index (χ0) is 17.4. The molecule has 5 heteroatoms. The van der Waals surface area contributed by atoms with Gasteiger partial charge in [0.2, 0.25) is 0 Å². The summed E-state index contributed by atoms with van der Waals surface area (Å²) in [7, 11) is 3.14. The predicted molar refractivity (Wildman–Crippen MR) is 91.8 cm³/mol. The number of ether oxygens (including phenoxy) is 4. The molecular formula is C19H20O5. The minimum atomic E-state index is -0.507. The first kappa shape index (κ1) is 17.4. The Balaban J connectivity index is 2.14. The van der Waals surface area contributed by atoms with Gasteiger partial charge in [-0.25, -0.2) is 4.79 Å². The molecule has 2 aromatic rings. The van der Waals surface area contributed by atoms with Crippen molar-refractivity contribution in [1.82, 2.24) is 0 Å². The Morgan fingerprint density at radius 3 is 2.42 bits per heavy atom. The van der Waals surface area contributed by atoms with E-state index in [2.05, 4.69) is 0 Å². The van der Waals surface area contributed by atoms with Crippen LogP contribution in [0.5, 0.6) is 23.0 Å². The number of hydrogen-bond donors (Lipinski definition) is 0. The summed E-state index contributed by atoms with van der Waals surface area (Å²) in [6, 6.07) is 12.4. The fourth-order valence-electron chi connectivity index (χ4n) is 2.08. The Labute approximate surface area is 141 Å². The fraction of sp³-hybridized carbons (Fsp3) is 0.211. The molecule has 0 radical (unpaired) electrons. The van der Waals surface area contributed by atoms with E-state index in [1.807, 2.05) is 13.0 Å². The predicted octanol–water partition coefficient (Wildman–Crippen LogP) is 3.72. The van der Waals surface area contributed by atoms with E-state index < -0.39 is 5.97 Å². The van der Waals surface area contributed by atoms with Crippen molar-refractivity contribution in [2.45, 2.75) is 6.92 Å². The molecule has 0 unspecified atom stereocenters. The van der Waals surface area contributed by atoms with Crippen molar-refractivity contribution in [3.05, 3.63) is 54.1 Å². The maximum Gasteiger partial charge on any atom is 0.336 e. The molecule has 24 heavy (non-hydrogen) atoms. The maximum absolute atomic E-state index is 12.1. The summed E-state index contributed by atoms with van der Waals surface area (Å²) >= 11 is 0. The number of hydrogen-bond acceptors (Lipinski definition) is 5. The normalized spacial score (nSPS) is 10.5. The van der Waals surface area contributed by atoms with E-state index in [1.165, 1.54) is 6.08 Å². The first-order valence-electron chi connectivity index (χ1n) is 7.51. The molecule has 2 aromatic carbocycles. The number of esters is 1. The van der Waals surface area contributed by atoms with Gasteiger partial charge in [-0.2, -0.15) is 0 Å². The molecule has 0 saturated heterocycles. The summed E-state index contributed by atoms with van der Waals surface area (Å²) in [4.78, 5) is 12.1. The maximum atomic E-state index is 12.1. The molecule has 0 aliphatic heterocycles. The highest BCUT2D eigenvalue weighted by Crippen LogP contribution is 2.27. The van der Waals surface area contributed by atoms with E-state index in [1.54, 1.807) is 56.7 Å². The van der Waals surface area contributed by atoms with E-state index >= 15 is 0 Å². The lowest BCUT2D eigenvalue weighted by molar-refractivity contribution is -0.129. The van der Waals surface area contributed by atoms with Crippen LogP contribution in [-0.4, -0.2) is 26.8 Å². The Kier molecular flexibility index (Phi) is 6.25. The van der Waals surface area contributed by atoms with Gasteiger partial charge in [-0.1, -0.05) is 12.1 Å². The molecule has 0 bridgehead atoms. The number of rotatable bonds is 7. The number of carbonyl (C=O) groups is 1. The third-order valence-electron chi connectivity index (χ3n) is 3.20. The third-order valence-corrected chi connectivity index (χ3v) is 3.20. The van der Waals surface area contributed by atoms with Crippen LogP contribution in [0.25, 0.3) is 6.08 Å². The van der Waals surface area contributed by atoms with E-state index in [-0.39, 0.29) is 0 Å². The quantitative estimate of drug-likeness (QED) is 0.440. The standard InChI is InChI=1S/C19H20O5/c1-4-23-17-7-5-6-8-18(17)24-19(20)12-9-14-13-15(21-2)10-11-16(14)22-3/h5-13H,4H2,1-3H3. The molecule has 5 nitrogen and oxygen atoms in total. The van der Waals surface area contributed by atoms with Gasteiger partial charge in [-0.05, 0) is 43.3 Å². The molecule has 0 heterocycles. The van der Waals surface area contributed by atoms with E-state index in [0.717, 1.165) is 0 Å². The second-order valence-electron chi connectivity index (χ2n) is 4.74. The van der Waals surface area contributed by atoms with Crippen molar-refractivity contribution in [3.8, 4) is 23.0 Å². The summed E-state index contributed by atoms with van der Waals surface area (Å²) in [5.74, 6) is 1.71. The van der Waals surface area contributed by atoms with Gasteiger partial charge >= 0.3 is 5.97 Å². The Hall–Kier alpha value is -2.95. The minimum Gasteiger partial charge on any atom is -0.497 e. The zero-order valence-corrected chi connectivity index (χ0v) is 13.9. The smallest absolute Gasteiger partial charge is 0.336 e. The van der Waals surface area contributed by atoms with Gasteiger partial charge in [-0.3, -0.25) is 0 Å². The van der Waals surface area contributed by atoms with Crippen LogP contribution in [0.4, 0.5) is 0 Å². The van der Waals surface area contributed by atoms with Crippen LogP contribution in [0.1, 0.15) is 12.5 Å². The second kappa shape index (κ2) is 8.62. The molecule has 0 saturated carbocycles. The molecule has 0 amide bonds. The highest BCUT2D eigenvalue weighted by atomic mass is 16.6. The zero-order valence-electron chi connectivity index (χ0n) is 13.9. The monoisotopic (exact) mass is 328 g/mol. The SMILES string of the molecule is CCOc1ccccc1OC(=O)C=Cc1cc(OC)ccc1OC. The molecule has 0 fully saturated rings. The van der Waals surface area contributed by atoms with Crippen LogP contribution < -0.4 is 18.9 Å². The van der Waals surface area contributed by atoms with Gasteiger partial charge < -0.3 is 18.9 Å². The van der Waals surface area contributed by atoms with Crippen molar-refractivity contribution < 1.29 is 23.7 Å². The lowest BCUT2D eigenvalue weighted by atomic mass is 10.1.